The SMILES string of the molecule is O=C(CNC(=O)c1cccc(Cl)c1)N/N=C\c1ccc(OC(=O)c2cccc3ccccc23)cc1. The lowest BCUT2D eigenvalue weighted by molar-refractivity contribution is -0.120. The van der Waals surface area contributed by atoms with Gasteiger partial charge in [-0.2, -0.15) is 5.10 Å². The van der Waals surface area contributed by atoms with Crippen molar-refractivity contribution in [3.05, 3.63) is 113 Å². The van der Waals surface area contributed by atoms with E-state index >= 15 is 0 Å². The Morgan fingerprint density at radius 1 is 0.886 bits per heavy atom. The molecule has 0 spiro atoms. The van der Waals surface area contributed by atoms with Gasteiger partial charge >= 0.3 is 5.97 Å². The molecule has 0 aromatic heterocycles. The molecule has 7 nitrogen and oxygen atoms in total. The molecule has 0 unspecified atom stereocenters. The highest BCUT2D eigenvalue weighted by atomic mass is 35.5. The van der Waals surface area contributed by atoms with Crippen molar-refractivity contribution in [2.75, 3.05) is 6.54 Å². The highest BCUT2D eigenvalue weighted by molar-refractivity contribution is 6.31. The van der Waals surface area contributed by atoms with Crippen molar-refractivity contribution in [2.24, 2.45) is 5.10 Å². The van der Waals surface area contributed by atoms with Gasteiger partial charge in [-0.1, -0.05) is 54.1 Å². The van der Waals surface area contributed by atoms with Crippen LogP contribution in [0.4, 0.5) is 0 Å². The Kier molecular flexibility index (Phi) is 7.50. The van der Waals surface area contributed by atoms with Gasteiger partial charge in [0.1, 0.15) is 5.75 Å². The average molecular weight is 486 g/mol. The van der Waals surface area contributed by atoms with Gasteiger partial charge in [-0.05, 0) is 64.9 Å². The largest absolute Gasteiger partial charge is 0.423 e. The summed E-state index contributed by atoms with van der Waals surface area (Å²) in [6, 6.07) is 26.2. The van der Waals surface area contributed by atoms with Crippen LogP contribution in [0.2, 0.25) is 5.02 Å². The topological polar surface area (TPSA) is 96.9 Å². The first-order valence-electron chi connectivity index (χ1n) is 10.7. The summed E-state index contributed by atoms with van der Waals surface area (Å²) in [5.74, 6) is -0.972. The molecule has 4 aromatic rings. The molecule has 8 heteroatoms. The number of carbonyl (C=O) groups is 3. The fourth-order valence-electron chi connectivity index (χ4n) is 3.30. The molecule has 0 heterocycles. The van der Waals surface area contributed by atoms with Crippen LogP contribution >= 0.6 is 11.6 Å². The smallest absolute Gasteiger partial charge is 0.344 e. The lowest BCUT2D eigenvalue weighted by Gasteiger charge is -2.07. The summed E-state index contributed by atoms with van der Waals surface area (Å²) >= 11 is 5.86. The number of benzene rings is 4. The molecule has 35 heavy (non-hydrogen) atoms. The second kappa shape index (κ2) is 11.1. The third kappa shape index (κ3) is 6.31. The highest BCUT2D eigenvalue weighted by Crippen LogP contribution is 2.21. The van der Waals surface area contributed by atoms with E-state index in [2.05, 4.69) is 15.8 Å². The van der Waals surface area contributed by atoms with Crippen molar-refractivity contribution in [2.45, 2.75) is 0 Å². The van der Waals surface area contributed by atoms with Gasteiger partial charge in [0.2, 0.25) is 0 Å². The van der Waals surface area contributed by atoms with Crippen LogP contribution in [0.3, 0.4) is 0 Å². The molecule has 4 rings (SSSR count). The molecule has 0 aliphatic heterocycles. The van der Waals surface area contributed by atoms with E-state index in [0.717, 1.165) is 10.8 Å². The molecule has 0 radical (unpaired) electrons. The van der Waals surface area contributed by atoms with E-state index in [1.165, 1.54) is 12.3 Å². The molecule has 0 atom stereocenters. The second-order valence-corrected chi connectivity index (χ2v) is 7.91. The summed E-state index contributed by atoms with van der Waals surface area (Å²) in [5.41, 5.74) is 3.86. The highest BCUT2D eigenvalue weighted by Gasteiger charge is 2.12. The first-order chi connectivity index (χ1) is 17.0. The molecule has 0 saturated heterocycles. The zero-order valence-electron chi connectivity index (χ0n) is 18.4. The van der Waals surface area contributed by atoms with E-state index in [4.69, 9.17) is 16.3 Å². The molecule has 2 amide bonds. The number of hydrogen-bond donors (Lipinski definition) is 2. The molecule has 2 N–H and O–H groups in total. The van der Waals surface area contributed by atoms with Crippen LogP contribution in [0, 0.1) is 0 Å². The Morgan fingerprint density at radius 3 is 2.43 bits per heavy atom. The van der Waals surface area contributed by atoms with Gasteiger partial charge in [-0.3, -0.25) is 9.59 Å². The Hall–Kier alpha value is -4.49. The minimum Gasteiger partial charge on any atom is -0.423 e. The van der Waals surface area contributed by atoms with E-state index in [-0.39, 0.29) is 6.54 Å². The number of rotatable bonds is 7. The first kappa shape index (κ1) is 23.7. The van der Waals surface area contributed by atoms with E-state index in [9.17, 15) is 14.4 Å². The number of amides is 2. The van der Waals surface area contributed by atoms with E-state index in [0.29, 0.717) is 27.5 Å². The summed E-state index contributed by atoms with van der Waals surface area (Å²) in [6.45, 7) is -0.244. The quantitative estimate of drug-likeness (QED) is 0.173. The monoisotopic (exact) mass is 485 g/mol. The number of esters is 1. The van der Waals surface area contributed by atoms with Crippen molar-refractivity contribution in [3.63, 3.8) is 0 Å². The summed E-state index contributed by atoms with van der Waals surface area (Å²) in [5, 5.41) is 8.58. The van der Waals surface area contributed by atoms with Gasteiger partial charge in [0.15, 0.2) is 0 Å². The van der Waals surface area contributed by atoms with E-state index in [1.807, 2.05) is 36.4 Å². The summed E-state index contributed by atoms with van der Waals surface area (Å²) in [4.78, 5) is 36.6. The first-order valence-corrected chi connectivity index (χ1v) is 11.0. The lowest BCUT2D eigenvalue weighted by atomic mass is 10.0. The van der Waals surface area contributed by atoms with Crippen molar-refractivity contribution in [1.82, 2.24) is 10.7 Å². The number of fused-ring (bicyclic) bond motifs is 1. The van der Waals surface area contributed by atoms with Crippen LogP contribution < -0.4 is 15.5 Å². The van der Waals surface area contributed by atoms with Gasteiger partial charge in [0.05, 0.1) is 18.3 Å². The number of ether oxygens (including phenoxy) is 1. The number of halogens is 1. The molecular formula is C27H20ClN3O4. The second-order valence-electron chi connectivity index (χ2n) is 7.47. The number of hydrazone groups is 1. The minimum absolute atomic E-state index is 0.244. The maximum Gasteiger partial charge on any atom is 0.344 e. The zero-order chi connectivity index (χ0) is 24.6. The summed E-state index contributed by atoms with van der Waals surface area (Å²) < 4.78 is 5.50. The van der Waals surface area contributed by atoms with Crippen molar-refractivity contribution >= 4 is 46.4 Å². The molecule has 0 bridgehead atoms. The minimum atomic E-state index is -0.489. The fraction of sp³-hybridized carbons (Fsp3) is 0.0370. The maximum absolute atomic E-state index is 12.6. The molecule has 0 aliphatic carbocycles. The van der Waals surface area contributed by atoms with Crippen LogP contribution in [0.5, 0.6) is 5.75 Å². The van der Waals surface area contributed by atoms with Crippen LogP contribution in [-0.4, -0.2) is 30.5 Å². The van der Waals surface area contributed by atoms with E-state index in [1.54, 1.807) is 48.5 Å². The number of hydrogen-bond acceptors (Lipinski definition) is 5. The third-order valence-electron chi connectivity index (χ3n) is 5.00. The van der Waals surface area contributed by atoms with E-state index < -0.39 is 17.8 Å². The average Bonchev–Trinajstić information content (AvgIpc) is 2.88. The fourth-order valence-corrected chi connectivity index (χ4v) is 3.49. The van der Waals surface area contributed by atoms with Gasteiger partial charge in [0.25, 0.3) is 11.8 Å². The van der Waals surface area contributed by atoms with Crippen LogP contribution in [0.25, 0.3) is 10.8 Å². The van der Waals surface area contributed by atoms with Crippen LogP contribution in [-0.2, 0) is 4.79 Å². The lowest BCUT2D eigenvalue weighted by Crippen LogP contribution is -2.34. The molecular weight excluding hydrogens is 466 g/mol. The summed E-state index contributed by atoms with van der Waals surface area (Å²) in [7, 11) is 0. The molecule has 174 valence electrons. The molecule has 0 aliphatic rings. The Labute approximate surface area is 206 Å². The Morgan fingerprint density at radius 2 is 1.63 bits per heavy atom. The molecule has 0 fully saturated rings. The standard InChI is InChI=1S/C27H20ClN3O4/c28-21-8-3-7-20(15-21)26(33)29-17-25(32)31-30-16-18-11-13-22(14-12-18)35-27(34)24-10-4-6-19-5-1-2-9-23(19)24/h1-16H,17H2,(H,29,33)(H,31,32)/b30-16-. The van der Waals surface area contributed by atoms with Crippen LogP contribution in [0.15, 0.2) is 96.1 Å². The van der Waals surface area contributed by atoms with Gasteiger partial charge < -0.3 is 10.1 Å². The van der Waals surface area contributed by atoms with Crippen molar-refractivity contribution in [3.8, 4) is 5.75 Å². The van der Waals surface area contributed by atoms with Crippen molar-refractivity contribution < 1.29 is 19.1 Å². The number of nitrogens with zero attached hydrogens (tertiary/aromatic N) is 1. The normalized spacial score (nSPS) is 10.8. The maximum atomic E-state index is 12.6. The van der Waals surface area contributed by atoms with Gasteiger partial charge in [-0.25, -0.2) is 10.2 Å². The Bertz CT molecular complexity index is 1410. The predicted molar refractivity (Wildman–Crippen MR) is 135 cm³/mol. The van der Waals surface area contributed by atoms with Gasteiger partial charge in [0, 0.05) is 10.6 Å². The summed E-state index contributed by atoms with van der Waals surface area (Å²) in [6.07, 6.45) is 1.44. The van der Waals surface area contributed by atoms with Crippen molar-refractivity contribution in [1.29, 1.82) is 0 Å². The predicted octanol–water partition coefficient (Wildman–Crippen LogP) is 4.59. The number of nitrogens with one attached hydrogen (secondary N) is 2. The molecule has 0 saturated carbocycles. The molecule has 4 aromatic carbocycles. The number of carbonyl (C=O) groups excluding carboxylic acids is 3. The Balaban J connectivity index is 1.28. The third-order valence-corrected chi connectivity index (χ3v) is 5.23. The van der Waals surface area contributed by atoms with Crippen LogP contribution in [0.1, 0.15) is 26.3 Å². The zero-order valence-corrected chi connectivity index (χ0v) is 19.2. The van der Waals surface area contributed by atoms with Gasteiger partial charge in [-0.15, -0.1) is 0 Å².